The van der Waals surface area contributed by atoms with Crippen LogP contribution in [0.3, 0.4) is 0 Å². The molecule has 0 nitrogen and oxygen atoms in total. The van der Waals surface area contributed by atoms with Gasteiger partial charge in [-0.15, -0.1) is 45.3 Å². The molecule has 8 bridgehead atoms. The van der Waals surface area contributed by atoms with Crippen LogP contribution in [0.2, 0.25) is 10.0 Å². The topological polar surface area (TPSA) is 0 Å². The van der Waals surface area contributed by atoms with Gasteiger partial charge >= 0.3 is 0 Å². The smallest absolute Gasteiger partial charge is 0.0406 e. The molecule has 7 rings (SSSR count). The van der Waals surface area contributed by atoms with Crippen molar-refractivity contribution in [2.75, 3.05) is 0 Å². The van der Waals surface area contributed by atoms with Crippen LogP contribution in [0.4, 0.5) is 0 Å². The molecule has 0 radical (unpaired) electrons. The van der Waals surface area contributed by atoms with Gasteiger partial charge in [0.1, 0.15) is 0 Å². The fourth-order valence-corrected chi connectivity index (χ4v) is 9.03. The van der Waals surface area contributed by atoms with Gasteiger partial charge in [-0.3, -0.25) is 0 Å². The Bertz CT molecular complexity index is 1860. The minimum absolute atomic E-state index is 0.747. The highest BCUT2D eigenvalue weighted by atomic mass is 35.5. The van der Waals surface area contributed by atoms with Gasteiger partial charge in [-0.2, -0.15) is 0 Å². The Morgan fingerprint density at radius 1 is 0.300 bits per heavy atom. The third-order valence-corrected chi connectivity index (χ3v) is 11.4. The van der Waals surface area contributed by atoms with Crippen LogP contribution in [-0.4, -0.2) is 0 Å². The second kappa shape index (κ2) is 11.1. The predicted octanol–water partition coefficient (Wildman–Crippen LogP) is 13.4. The van der Waals surface area contributed by atoms with E-state index in [1.807, 2.05) is 69.6 Å². The maximum absolute atomic E-state index is 6.23. The van der Waals surface area contributed by atoms with Crippen molar-refractivity contribution in [1.82, 2.24) is 0 Å². The second-order valence-corrected chi connectivity index (χ2v) is 14.6. The van der Waals surface area contributed by atoms with Gasteiger partial charge in [-0.05, 0) is 108 Å². The van der Waals surface area contributed by atoms with Gasteiger partial charge in [0.2, 0.25) is 0 Å². The standard InChI is InChI=1S/C34H20Cl2S4/c35-23-5-1-21(2-6-23)33-29-17-13-25(37-29)9-11-27-15-19-31(39-27)34(22-3-7-24(36)8-4-22)32-20-16-28(40-32)12-10-26-14-18-30(33)38-26/h1-20H. The minimum atomic E-state index is 0.747. The van der Waals surface area contributed by atoms with Gasteiger partial charge < -0.3 is 0 Å². The van der Waals surface area contributed by atoms with Gasteiger partial charge in [-0.25, -0.2) is 0 Å². The van der Waals surface area contributed by atoms with E-state index in [4.69, 9.17) is 23.2 Å². The van der Waals surface area contributed by atoms with Crippen LogP contribution in [0.1, 0.15) is 0 Å². The molecule has 0 amide bonds. The summed E-state index contributed by atoms with van der Waals surface area (Å²) >= 11 is 19.7. The van der Waals surface area contributed by atoms with Crippen LogP contribution < -0.4 is 0 Å². The summed E-state index contributed by atoms with van der Waals surface area (Å²) in [6.07, 6.45) is 0. The van der Waals surface area contributed by atoms with Crippen LogP contribution in [0.25, 0.3) is 59.9 Å². The van der Waals surface area contributed by atoms with Crippen LogP contribution in [0.15, 0.2) is 121 Å². The Morgan fingerprint density at radius 3 is 0.825 bits per heavy atom. The maximum atomic E-state index is 6.23. The van der Waals surface area contributed by atoms with Crippen molar-refractivity contribution in [2.45, 2.75) is 0 Å². The Morgan fingerprint density at radius 2 is 0.550 bits per heavy atom. The summed E-state index contributed by atoms with van der Waals surface area (Å²) < 4.78 is 9.86. The molecule has 0 aliphatic rings. The van der Waals surface area contributed by atoms with E-state index in [-0.39, 0.29) is 0 Å². The fourth-order valence-electron chi connectivity index (χ4n) is 4.68. The molecule has 0 unspecified atom stereocenters. The molecule has 0 saturated heterocycles. The monoisotopic (exact) mass is 626 g/mol. The molecule has 5 aromatic heterocycles. The molecule has 5 heterocycles. The highest BCUT2D eigenvalue weighted by Crippen LogP contribution is 2.39. The number of thiophene rings is 4. The lowest BCUT2D eigenvalue weighted by molar-refractivity contribution is 1.70. The highest BCUT2D eigenvalue weighted by molar-refractivity contribution is 7.27. The lowest BCUT2D eigenvalue weighted by atomic mass is 10.1. The summed E-state index contributed by atoms with van der Waals surface area (Å²) in [6.45, 7) is 0. The van der Waals surface area contributed by atoms with Crippen LogP contribution in [-0.2, 0) is 0 Å². The number of halogens is 2. The Hall–Kier alpha value is -2.96. The SMILES string of the molecule is Clc1ccc(-c2c3ccc(ccc4ccc(s4)c(-c4ccc(Cl)cc4)c4ccc(ccc5ccc2s5)s4)s3)cc1. The van der Waals surface area contributed by atoms with E-state index < -0.39 is 0 Å². The molecule has 0 atom stereocenters. The average molecular weight is 628 g/mol. The molecule has 40 heavy (non-hydrogen) atoms. The molecule has 0 saturated carbocycles. The third-order valence-electron chi connectivity index (χ3n) is 6.58. The Balaban J connectivity index is 1.53. The molecule has 194 valence electrons. The summed E-state index contributed by atoms with van der Waals surface area (Å²) in [5.41, 5.74) is 4.83. The summed E-state index contributed by atoms with van der Waals surface area (Å²) in [6, 6.07) is 43.0. The van der Waals surface area contributed by atoms with Gasteiger partial charge in [-0.1, -0.05) is 47.5 Å². The van der Waals surface area contributed by atoms with Crippen molar-refractivity contribution in [2.24, 2.45) is 0 Å². The van der Waals surface area contributed by atoms with E-state index in [1.54, 1.807) is 0 Å². The molecule has 6 heteroatoms. The van der Waals surface area contributed by atoms with E-state index in [0.29, 0.717) is 0 Å². The first-order valence-electron chi connectivity index (χ1n) is 12.6. The van der Waals surface area contributed by atoms with Crippen molar-refractivity contribution >= 4 is 106 Å². The van der Waals surface area contributed by atoms with Gasteiger partial charge in [0, 0.05) is 58.8 Å². The number of benzene rings is 2. The molecule has 2 aromatic carbocycles. The zero-order valence-corrected chi connectivity index (χ0v) is 25.7. The predicted molar refractivity (Wildman–Crippen MR) is 184 cm³/mol. The van der Waals surface area contributed by atoms with Crippen LogP contribution in [0.5, 0.6) is 0 Å². The molecule has 0 aliphatic heterocycles. The molecule has 7 aromatic rings. The van der Waals surface area contributed by atoms with Gasteiger partial charge in [0.05, 0.1) is 0 Å². The highest BCUT2D eigenvalue weighted by Gasteiger charge is 2.08. The van der Waals surface area contributed by atoms with E-state index in [0.717, 1.165) is 10.0 Å². The summed E-state index contributed by atoms with van der Waals surface area (Å²) in [5.74, 6) is 0. The number of hydrogen-bond acceptors (Lipinski definition) is 4. The first-order chi connectivity index (χ1) is 19.6. The Labute approximate surface area is 258 Å². The minimum Gasteiger partial charge on any atom is -0.136 e. The van der Waals surface area contributed by atoms with E-state index in [2.05, 4.69) is 97.1 Å². The number of hydrogen-bond donors (Lipinski definition) is 0. The van der Waals surface area contributed by atoms with Crippen molar-refractivity contribution in [3.63, 3.8) is 0 Å². The first-order valence-corrected chi connectivity index (χ1v) is 16.6. The number of fused-ring (bicyclic) bond motifs is 8. The second-order valence-electron chi connectivity index (χ2n) is 9.24. The number of rotatable bonds is 2. The van der Waals surface area contributed by atoms with Crippen molar-refractivity contribution in [3.05, 3.63) is 131 Å². The van der Waals surface area contributed by atoms with E-state index >= 15 is 0 Å². The van der Waals surface area contributed by atoms with Gasteiger partial charge in [0.25, 0.3) is 0 Å². The zero-order chi connectivity index (χ0) is 27.1. The van der Waals surface area contributed by atoms with Crippen LogP contribution in [0, 0.1) is 0 Å². The van der Waals surface area contributed by atoms with E-state index in [1.165, 1.54) is 59.9 Å². The quantitative estimate of drug-likeness (QED) is 0.179. The van der Waals surface area contributed by atoms with Crippen molar-refractivity contribution in [1.29, 1.82) is 0 Å². The van der Waals surface area contributed by atoms with Crippen molar-refractivity contribution < 1.29 is 0 Å². The molecule has 0 fully saturated rings. The molecule has 0 spiro atoms. The van der Waals surface area contributed by atoms with Crippen LogP contribution >= 0.6 is 68.5 Å². The third kappa shape index (κ3) is 5.36. The normalized spacial score (nSPS) is 11.2. The molecule has 0 N–H and O–H groups in total. The largest absolute Gasteiger partial charge is 0.136 e. The molecular formula is C34H20Cl2S4. The molecule has 0 aliphatic carbocycles. The summed E-state index contributed by atoms with van der Waals surface area (Å²) in [5, 5.41) is 1.49. The lowest BCUT2D eigenvalue weighted by Crippen LogP contribution is -1.75. The Kier molecular flexibility index (Phi) is 7.23. The first kappa shape index (κ1) is 26.0. The fraction of sp³-hybridized carbons (Fsp3) is 0. The van der Waals surface area contributed by atoms with Crippen molar-refractivity contribution in [3.8, 4) is 22.3 Å². The molecular weight excluding hydrogens is 608 g/mol. The summed E-state index contributed by atoms with van der Waals surface area (Å²) in [7, 11) is 0. The van der Waals surface area contributed by atoms with E-state index in [9.17, 15) is 0 Å². The average Bonchev–Trinajstić information content (AvgIpc) is 3.77. The lowest BCUT2D eigenvalue weighted by Gasteiger charge is -2.02. The summed E-state index contributed by atoms with van der Waals surface area (Å²) in [4.78, 5) is 0. The maximum Gasteiger partial charge on any atom is 0.0406 e. The zero-order valence-electron chi connectivity index (χ0n) is 20.9. The van der Waals surface area contributed by atoms with Gasteiger partial charge in [0.15, 0.2) is 0 Å².